The Morgan fingerprint density at radius 3 is 2.62 bits per heavy atom. The predicted molar refractivity (Wildman–Crippen MR) is 40.7 cm³/mol. The van der Waals surface area contributed by atoms with Gasteiger partial charge in [0.2, 0.25) is 0 Å². The van der Waals surface area contributed by atoms with Crippen molar-refractivity contribution in [3.05, 3.63) is 11.5 Å². The largest absolute Gasteiger partial charge is 0.131 e. The fraction of sp³-hybridized carbons (Fsp3) is 0.429. The molecule has 0 aromatic rings. The van der Waals surface area contributed by atoms with Gasteiger partial charge in [0, 0.05) is 5.25 Å². The van der Waals surface area contributed by atoms with Gasteiger partial charge in [-0.25, -0.2) is 0 Å². The maximum Gasteiger partial charge on any atom is 0.00320 e. The van der Waals surface area contributed by atoms with Gasteiger partial charge >= 0.3 is 0 Å². The van der Waals surface area contributed by atoms with E-state index >= 15 is 0 Å². The molecule has 0 aromatic heterocycles. The summed E-state index contributed by atoms with van der Waals surface area (Å²) in [6.07, 6.45) is 6.68. The summed E-state index contributed by atoms with van der Waals surface area (Å²) in [6.45, 7) is 4.26. The summed E-state index contributed by atoms with van der Waals surface area (Å²) in [5.41, 5.74) is 0. The molecule has 0 bridgehead atoms. The van der Waals surface area contributed by atoms with Gasteiger partial charge in [0.25, 0.3) is 0 Å². The molecule has 0 spiro atoms. The van der Waals surface area contributed by atoms with Crippen LogP contribution in [0.5, 0.6) is 0 Å². The summed E-state index contributed by atoms with van der Waals surface area (Å²) < 4.78 is 0. The Morgan fingerprint density at radius 2 is 2.25 bits per heavy atom. The summed E-state index contributed by atoms with van der Waals surface area (Å²) in [4.78, 5) is 0. The molecule has 0 nitrogen and oxygen atoms in total. The molecule has 0 amide bonds. The molecular formula is C7H10S. The van der Waals surface area contributed by atoms with Crippen LogP contribution < -0.4 is 0 Å². The van der Waals surface area contributed by atoms with E-state index in [1.807, 2.05) is 5.41 Å². The molecule has 0 saturated heterocycles. The van der Waals surface area contributed by atoms with Crippen molar-refractivity contribution in [3.8, 4) is 12.3 Å². The topological polar surface area (TPSA) is 0 Å². The number of hydrogen-bond acceptors (Lipinski definition) is 1. The second-order valence-corrected chi connectivity index (χ2v) is 3.14. The van der Waals surface area contributed by atoms with Crippen molar-refractivity contribution >= 4 is 11.8 Å². The van der Waals surface area contributed by atoms with Crippen LogP contribution in [0.25, 0.3) is 0 Å². The third kappa shape index (κ3) is 5.65. The lowest BCUT2D eigenvalue weighted by atomic mass is 10.6. The Bertz CT molecular complexity index is 106. The third-order valence-corrected chi connectivity index (χ3v) is 1.35. The van der Waals surface area contributed by atoms with E-state index in [-0.39, 0.29) is 0 Å². The van der Waals surface area contributed by atoms with Crippen LogP contribution in [0.4, 0.5) is 0 Å². The third-order valence-electron chi connectivity index (χ3n) is 0.515. The minimum absolute atomic E-state index is 0.639. The molecule has 0 aromatic carbocycles. The van der Waals surface area contributed by atoms with Crippen molar-refractivity contribution in [1.82, 2.24) is 0 Å². The van der Waals surface area contributed by atoms with E-state index in [0.717, 1.165) is 0 Å². The molecule has 0 heterocycles. The van der Waals surface area contributed by atoms with Gasteiger partial charge in [-0.2, -0.15) is 0 Å². The van der Waals surface area contributed by atoms with Crippen LogP contribution in [0.15, 0.2) is 11.5 Å². The second-order valence-electron chi connectivity index (χ2n) is 1.65. The van der Waals surface area contributed by atoms with E-state index in [2.05, 4.69) is 19.8 Å². The molecular weight excluding hydrogens is 116 g/mol. The highest BCUT2D eigenvalue weighted by molar-refractivity contribution is 8.02. The molecule has 0 radical (unpaired) electrons. The highest BCUT2D eigenvalue weighted by atomic mass is 32.2. The van der Waals surface area contributed by atoms with Crippen LogP contribution in [-0.2, 0) is 0 Å². The van der Waals surface area contributed by atoms with Crippen molar-refractivity contribution < 1.29 is 0 Å². The molecule has 0 rings (SSSR count). The minimum Gasteiger partial charge on any atom is -0.131 e. The van der Waals surface area contributed by atoms with E-state index in [1.54, 1.807) is 17.8 Å². The highest BCUT2D eigenvalue weighted by Crippen LogP contribution is 2.08. The first-order valence-electron chi connectivity index (χ1n) is 2.54. The summed E-state index contributed by atoms with van der Waals surface area (Å²) >= 11 is 1.73. The summed E-state index contributed by atoms with van der Waals surface area (Å²) in [6, 6.07) is 0. The lowest BCUT2D eigenvalue weighted by Crippen LogP contribution is -1.79. The molecule has 44 valence electrons. The minimum atomic E-state index is 0.639. The SMILES string of the molecule is C#C/C=C/SC(C)C. The zero-order valence-corrected chi connectivity index (χ0v) is 6.03. The Morgan fingerprint density at radius 1 is 1.62 bits per heavy atom. The Hall–Kier alpha value is -0.350. The van der Waals surface area contributed by atoms with Gasteiger partial charge in [0.1, 0.15) is 0 Å². The fourth-order valence-electron chi connectivity index (χ4n) is 0.236. The average molecular weight is 126 g/mol. The van der Waals surface area contributed by atoms with E-state index in [0.29, 0.717) is 5.25 Å². The monoisotopic (exact) mass is 126 g/mol. The highest BCUT2D eigenvalue weighted by Gasteiger charge is 1.84. The molecule has 0 saturated carbocycles. The quantitative estimate of drug-likeness (QED) is 0.511. The van der Waals surface area contributed by atoms with E-state index in [4.69, 9.17) is 6.42 Å². The van der Waals surface area contributed by atoms with Gasteiger partial charge in [0.05, 0.1) is 0 Å². The van der Waals surface area contributed by atoms with Crippen LogP contribution in [0, 0.1) is 12.3 Å². The first-order valence-corrected chi connectivity index (χ1v) is 3.48. The van der Waals surface area contributed by atoms with Gasteiger partial charge < -0.3 is 0 Å². The zero-order valence-electron chi connectivity index (χ0n) is 5.22. The van der Waals surface area contributed by atoms with Crippen molar-refractivity contribution in [2.45, 2.75) is 19.1 Å². The molecule has 0 aliphatic rings. The molecule has 0 aliphatic carbocycles. The fourth-order valence-corrected chi connectivity index (χ4v) is 0.707. The molecule has 0 N–H and O–H groups in total. The van der Waals surface area contributed by atoms with Gasteiger partial charge in [-0.15, -0.1) is 18.2 Å². The molecule has 8 heavy (non-hydrogen) atoms. The first kappa shape index (κ1) is 7.65. The summed E-state index contributed by atoms with van der Waals surface area (Å²) in [7, 11) is 0. The van der Waals surface area contributed by atoms with Crippen LogP contribution in [0.1, 0.15) is 13.8 Å². The standard InChI is InChI=1S/C7H10S/c1-4-5-6-8-7(2)3/h1,5-7H,2-3H3/b6-5+. The van der Waals surface area contributed by atoms with Crippen LogP contribution in [0.3, 0.4) is 0 Å². The molecule has 1 heteroatoms. The summed E-state index contributed by atoms with van der Waals surface area (Å²) in [5, 5.41) is 2.57. The normalized spacial score (nSPS) is 10.2. The Labute approximate surface area is 55.4 Å². The number of thioether (sulfide) groups is 1. The van der Waals surface area contributed by atoms with Gasteiger partial charge in [0.15, 0.2) is 0 Å². The first-order chi connectivity index (χ1) is 3.77. The van der Waals surface area contributed by atoms with Crippen molar-refractivity contribution in [2.75, 3.05) is 0 Å². The maximum absolute atomic E-state index is 4.96. The molecule has 0 unspecified atom stereocenters. The lowest BCUT2D eigenvalue weighted by Gasteiger charge is -1.93. The van der Waals surface area contributed by atoms with E-state index in [1.165, 1.54) is 0 Å². The summed E-state index contributed by atoms with van der Waals surface area (Å²) in [5.74, 6) is 2.42. The van der Waals surface area contributed by atoms with Crippen molar-refractivity contribution in [3.63, 3.8) is 0 Å². The van der Waals surface area contributed by atoms with Crippen LogP contribution in [-0.4, -0.2) is 5.25 Å². The number of allylic oxidation sites excluding steroid dienone is 1. The van der Waals surface area contributed by atoms with E-state index < -0.39 is 0 Å². The Kier molecular flexibility index (Phi) is 4.59. The second kappa shape index (κ2) is 4.80. The number of rotatable bonds is 2. The lowest BCUT2D eigenvalue weighted by molar-refractivity contribution is 1.12. The van der Waals surface area contributed by atoms with Crippen molar-refractivity contribution in [1.29, 1.82) is 0 Å². The van der Waals surface area contributed by atoms with Gasteiger partial charge in [-0.3, -0.25) is 0 Å². The molecule has 0 aliphatic heterocycles. The zero-order chi connectivity index (χ0) is 6.41. The Balaban J connectivity index is 3.19. The van der Waals surface area contributed by atoms with Crippen molar-refractivity contribution in [2.24, 2.45) is 0 Å². The van der Waals surface area contributed by atoms with Gasteiger partial charge in [-0.05, 0) is 11.5 Å². The van der Waals surface area contributed by atoms with Gasteiger partial charge in [-0.1, -0.05) is 19.8 Å². The molecule has 0 atom stereocenters. The number of terminal acetylenes is 1. The maximum atomic E-state index is 4.96. The molecule has 0 fully saturated rings. The van der Waals surface area contributed by atoms with Crippen LogP contribution in [0.2, 0.25) is 0 Å². The predicted octanol–water partition coefficient (Wildman–Crippen LogP) is 2.27. The van der Waals surface area contributed by atoms with E-state index in [9.17, 15) is 0 Å². The van der Waals surface area contributed by atoms with Crippen LogP contribution >= 0.6 is 11.8 Å². The smallest absolute Gasteiger partial charge is 0.00320 e. The average Bonchev–Trinajstić information content (AvgIpc) is 1.66. The number of hydrogen-bond donors (Lipinski definition) is 0.